The summed E-state index contributed by atoms with van der Waals surface area (Å²) in [7, 11) is -3.74. The van der Waals surface area contributed by atoms with Gasteiger partial charge in [0.1, 0.15) is 0 Å². The summed E-state index contributed by atoms with van der Waals surface area (Å²) in [5, 5.41) is 3.92. The molecule has 0 atom stereocenters. The van der Waals surface area contributed by atoms with Crippen LogP contribution in [0.1, 0.15) is 29.5 Å². The largest absolute Gasteiger partial charge is 0.339 e. The van der Waals surface area contributed by atoms with Crippen LogP contribution in [0.15, 0.2) is 45.8 Å². The van der Waals surface area contributed by atoms with Crippen LogP contribution in [0.25, 0.3) is 11.4 Å². The lowest BCUT2D eigenvalue weighted by atomic mass is 10.1. The van der Waals surface area contributed by atoms with Crippen LogP contribution in [0.5, 0.6) is 0 Å². The lowest BCUT2D eigenvalue weighted by molar-refractivity contribution is 0.383. The highest BCUT2D eigenvalue weighted by Crippen LogP contribution is 2.26. The number of nitrogens with zero attached hydrogens (tertiary/aromatic N) is 2. The number of hydrogen-bond donors (Lipinski definition) is 1. The van der Waals surface area contributed by atoms with Gasteiger partial charge in [0.2, 0.25) is 11.7 Å². The van der Waals surface area contributed by atoms with Gasteiger partial charge in [-0.3, -0.25) is 4.72 Å². The van der Waals surface area contributed by atoms with Crippen molar-refractivity contribution in [2.45, 2.75) is 39.0 Å². The van der Waals surface area contributed by atoms with Crippen molar-refractivity contribution >= 4 is 15.7 Å². The molecule has 0 radical (unpaired) electrons. The van der Waals surface area contributed by atoms with E-state index in [2.05, 4.69) is 14.9 Å². The maximum Gasteiger partial charge on any atom is 0.262 e. The van der Waals surface area contributed by atoms with E-state index in [1.165, 1.54) is 0 Å². The summed E-state index contributed by atoms with van der Waals surface area (Å²) in [5.74, 6) is 0.892. The summed E-state index contributed by atoms with van der Waals surface area (Å²) in [6.45, 7) is 7.51. The molecule has 1 aromatic heterocycles. The molecule has 0 unspecified atom stereocenters. The van der Waals surface area contributed by atoms with Crippen molar-refractivity contribution in [3.05, 3.63) is 59.0 Å². The maximum absolute atomic E-state index is 12.9. The Labute approximate surface area is 153 Å². The van der Waals surface area contributed by atoms with Gasteiger partial charge in [-0.15, -0.1) is 0 Å². The van der Waals surface area contributed by atoms with E-state index in [-0.39, 0.29) is 4.90 Å². The first-order chi connectivity index (χ1) is 12.3. The minimum absolute atomic E-state index is 0.192. The molecule has 7 heteroatoms. The Morgan fingerprint density at radius 3 is 2.46 bits per heavy atom. The van der Waals surface area contributed by atoms with Crippen molar-refractivity contribution in [3.8, 4) is 11.4 Å². The second-order valence-corrected chi connectivity index (χ2v) is 7.92. The lowest BCUT2D eigenvalue weighted by Gasteiger charge is -2.13. The summed E-state index contributed by atoms with van der Waals surface area (Å²) in [6, 6.07) is 10.7. The first-order valence-electron chi connectivity index (χ1n) is 8.34. The van der Waals surface area contributed by atoms with Crippen molar-refractivity contribution in [1.29, 1.82) is 0 Å². The van der Waals surface area contributed by atoms with E-state index in [0.29, 0.717) is 35.0 Å². The third kappa shape index (κ3) is 3.62. The standard InChI is InChI=1S/C19H21N3O3S/c1-5-18-20-19(21-25-18)15-8-7-13(3)17(11-15)26(23,24)22-16-9-6-12(2)10-14(16)4/h6-11,22H,5H2,1-4H3. The van der Waals surface area contributed by atoms with Crippen molar-refractivity contribution in [2.75, 3.05) is 4.72 Å². The molecule has 3 aromatic rings. The second kappa shape index (κ2) is 6.92. The first kappa shape index (κ1) is 18.1. The van der Waals surface area contributed by atoms with E-state index in [0.717, 1.165) is 11.1 Å². The Morgan fingerprint density at radius 2 is 1.81 bits per heavy atom. The van der Waals surface area contributed by atoms with Gasteiger partial charge in [-0.25, -0.2) is 8.42 Å². The number of aryl methyl sites for hydroxylation is 4. The maximum atomic E-state index is 12.9. The van der Waals surface area contributed by atoms with Crippen molar-refractivity contribution < 1.29 is 12.9 Å². The molecule has 1 heterocycles. The van der Waals surface area contributed by atoms with E-state index < -0.39 is 10.0 Å². The van der Waals surface area contributed by atoms with Crippen LogP contribution in [0, 0.1) is 20.8 Å². The molecular formula is C19H21N3O3S. The fourth-order valence-corrected chi connectivity index (χ4v) is 4.07. The average Bonchev–Trinajstić information content (AvgIpc) is 3.07. The van der Waals surface area contributed by atoms with Crippen LogP contribution >= 0.6 is 0 Å². The van der Waals surface area contributed by atoms with Crippen LogP contribution in [-0.2, 0) is 16.4 Å². The van der Waals surface area contributed by atoms with Gasteiger partial charge >= 0.3 is 0 Å². The summed E-state index contributed by atoms with van der Waals surface area (Å²) < 4.78 is 33.7. The first-order valence-corrected chi connectivity index (χ1v) is 9.82. The minimum Gasteiger partial charge on any atom is -0.339 e. The smallest absolute Gasteiger partial charge is 0.262 e. The number of aromatic nitrogens is 2. The fourth-order valence-electron chi connectivity index (χ4n) is 2.67. The third-order valence-electron chi connectivity index (χ3n) is 4.13. The predicted molar refractivity (Wildman–Crippen MR) is 101 cm³/mol. The zero-order valence-electron chi connectivity index (χ0n) is 15.2. The SMILES string of the molecule is CCc1nc(-c2ccc(C)c(S(=O)(=O)Nc3ccc(C)cc3C)c2)no1. The van der Waals surface area contributed by atoms with E-state index in [1.807, 2.05) is 32.9 Å². The molecule has 3 rings (SSSR count). The quantitative estimate of drug-likeness (QED) is 0.732. The zero-order chi connectivity index (χ0) is 18.9. The number of sulfonamides is 1. The summed E-state index contributed by atoms with van der Waals surface area (Å²) in [6.07, 6.45) is 0.623. The molecule has 0 saturated heterocycles. The van der Waals surface area contributed by atoms with Crippen LogP contribution in [0.2, 0.25) is 0 Å². The molecule has 26 heavy (non-hydrogen) atoms. The minimum atomic E-state index is -3.74. The molecule has 0 saturated carbocycles. The van der Waals surface area contributed by atoms with Gasteiger partial charge in [0, 0.05) is 12.0 Å². The number of benzene rings is 2. The van der Waals surface area contributed by atoms with E-state index >= 15 is 0 Å². The Balaban J connectivity index is 2.00. The molecule has 0 aliphatic carbocycles. The number of hydrogen-bond acceptors (Lipinski definition) is 5. The van der Waals surface area contributed by atoms with Crippen LogP contribution in [0.4, 0.5) is 5.69 Å². The van der Waals surface area contributed by atoms with Crippen LogP contribution in [-0.4, -0.2) is 18.6 Å². The number of nitrogens with one attached hydrogen (secondary N) is 1. The molecule has 0 spiro atoms. The van der Waals surface area contributed by atoms with Gasteiger partial charge in [0.25, 0.3) is 10.0 Å². The molecule has 0 aliphatic heterocycles. The lowest BCUT2D eigenvalue weighted by Crippen LogP contribution is -2.15. The molecule has 0 aliphatic rings. The van der Waals surface area contributed by atoms with Crippen molar-refractivity contribution in [1.82, 2.24) is 10.1 Å². The summed E-state index contributed by atoms with van der Waals surface area (Å²) >= 11 is 0. The summed E-state index contributed by atoms with van der Waals surface area (Å²) in [5.41, 5.74) is 3.75. The normalized spacial score (nSPS) is 11.5. The Morgan fingerprint density at radius 1 is 1.04 bits per heavy atom. The van der Waals surface area contributed by atoms with Gasteiger partial charge in [0.05, 0.1) is 10.6 Å². The van der Waals surface area contributed by atoms with Crippen LogP contribution in [0.3, 0.4) is 0 Å². The number of anilines is 1. The molecule has 1 N–H and O–H groups in total. The van der Waals surface area contributed by atoms with Gasteiger partial charge in [-0.1, -0.05) is 41.9 Å². The average molecular weight is 371 g/mol. The molecule has 0 fully saturated rings. The molecule has 0 amide bonds. The fraction of sp³-hybridized carbons (Fsp3) is 0.263. The Kier molecular flexibility index (Phi) is 4.82. The molecular weight excluding hydrogens is 350 g/mol. The molecule has 6 nitrogen and oxygen atoms in total. The highest BCUT2D eigenvalue weighted by atomic mass is 32.2. The van der Waals surface area contributed by atoms with E-state index in [4.69, 9.17) is 4.52 Å². The summed E-state index contributed by atoms with van der Waals surface area (Å²) in [4.78, 5) is 4.46. The Bertz CT molecular complexity index is 1060. The highest BCUT2D eigenvalue weighted by Gasteiger charge is 2.20. The Hall–Kier alpha value is -2.67. The zero-order valence-corrected chi connectivity index (χ0v) is 16.0. The highest BCUT2D eigenvalue weighted by molar-refractivity contribution is 7.92. The molecule has 0 bridgehead atoms. The van der Waals surface area contributed by atoms with Gasteiger partial charge in [0.15, 0.2) is 0 Å². The molecule has 136 valence electrons. The van der Waals surface area contributed by atoms with Gasteiger partial charge < -0.3 is 4.52 Å². The number of rotatable bonds is 5. The van der Waals surface area contributed by atoms with Gasteiger partial charge in [-0.2, -0.15) is 4.98 Å². The van der Waals surface area contributed by atoms with Crippen LogP contribution < -0.4 is 4.72 Å². The molecule has 2 aromatic carbocycles. The topological polar surface area (TPSA) is 85.1 Å². The van der Waals surface area contributed by atoms with Crippen molar-refractivity contribution in [2.24, 2.45) is 0 Å². The predicted octanol–water partition coefficient (Wildman–Crippen LogP) is 4.03. The van der Waals surface area contributed by atoms with E-state index in [9.17, 15) is 8.42 Å². The second-order valence-electron chi connectivity index (χ2n) is 6.27. The van der Waals surface area contributed by atoms with Gasteiger partial charge in [-0.05, 0) is 44.0 Å². The monoisotopic (exact) mass is 371 g/mol. The van der Waals surface area contributed by atoms with E-state index in [1.54, 1.807) is 31.2 Å². The third-order valence-corrected chi connectivity index (χ3v) is 5.64. The van der Waals surface area contributed by atoms with Crippen molar-refractivity contribution in [3.63, 3.8) is 0 Å².